The Labute approximate surface area is 187 Å². The Kier molecular flexibility index (Phi) is 5.83. The first-order chi connectivity index (χ1) is 15.5. The lowest BCUT2D eigenvalue weighted by atomic mass is 10.00. The van der Waals surface area contributed by atoms with E-state index >= 15 is 0 Å². The first-order valence-electron chi connectivity index (χ1n) is 9.98. The van der Waals surface area contributed by atoms with E-state index in [1.165, 1.54) is 10.4 Å². The number of benzene rings is 3. The number of ether oxygens (including phenoxy) is 1. The maximum atomic E-state index is 13.1. The molecule has 1 aliphatic heterocycles. The van der Waals surface area contributed by atoms with Gasteiger partial charge < -0.3 is 10.1 Å². The van der Waals surface area contributed by atoms with Crippen LogP contribution >= 0.6 is 0 Å². The van der Waals surface area contributed by atoms with Crippen molar-refractivity contribution in [1.29, 1.82) is 0 Å². The number of carbonyl (C=O) groups excluding carboxylic acids is 1. The molecule has 0 spiro atoms. The summed E-state index contributed by atoms with van der Waals surface area (Å²) in [5.74, 6) is 0.380. The number of hydrogen-bond acceptors (Lipinski definition) is 4. The van der Waals surface area contributed by atoms with Crippen molar-refractivity contribution in [2.45, 2.75) is 4.90 Å². The largest absolute Gasteiger partial charge is 0.490 e. The summed E-state index contributed by atoms with van der Waals surface area (Å²) >= 11 is 0. The SMILES string of the molecule is C=CCOc1ccc(NC(=O)c2ccc3c(c2)-c2ccccc2S(=O)(=O)N3CC=C)cc1. The molecule has 0 fully saturated rings. The van der Waals surface area contributed by atoms with E-state index in [4.69, 9.17) is 4.74 Å². The fourth-order valence-electron chi connectivity index (χ4n) is 3.58. The number of rotatable bonds is 7. The summed E-state index contributed by atoms with van der Waals surface area (Å²) in [7, 11) is -3.71. The lowest BCUT2D eigenvalue weighted by molar-refractivity contribution is 0.102. The third-order valence-corrected chi connectivity index (χ3v) is 6.89. The van der Waals surface area contributed by atoms with Crippen LogP contribution in [0.4, 0.5) is 11.4 Å². The van der Waals surface area contributed by atoms with Crippen LogP contribution in [0.3, 0.4) is 0 Å². The fourth-order valence-corrected chi connectivity index (χ4v) is 5.24. The highest BCUT2D eigenvalue weighted by Crippen LogP contribution is 2.43. The van der Waals surface area contributed by atoms with E-state index in [1.807, 2.05) is 0 Å². The summed E-state index contributed by atoms with van der Waals surface area (Å²) in [5, 5.41) is 2.86. The molecule has 0 atom stereocenters. The standard InChI is InChI=1S/C25H22N2O4S/c1-3-15-27-23-14-9-18(17-22(23)21-7-5-6-8-24(21)32(27,29)30)25(28)26-19-10-12-20(13-11-19)31-16-4-2/h3-14,17H,1-2,15-16H2,(H,26,28). The summed E-state index contributed by atoms with van der Waals surface area (Å²) in [5.41, 5.74) is 2.81. The first-order valence-corrected chi connectivity index (χ1v) is 11.4. The van der Waals surface area contributed by atoms with Crippen molar-refractivity contribution in [3.05, 3.63) is 97.6 Å². The molecule has 0 aliphatic carbocycles. The molecule has 1 heterocycles. The molecule has 162 valence electrons. The van der Waals surface area contributed by atoms with E-state index in [0.717, 1.165) is 0 Å². The normalized spacial score (nSPS) is 13.4. The highest BCUT2D eigenvalue weighted by molar-refractivity contribution is 7.93. The van der Waals surface area contributed by atoms with E-state index in [-0.39, 0.29) is 17.3 Å². The minimum atomic E-state index is -3.71. The van der Waals surface area contributed by atoms with Crippen LogP contribution in [0.2, 0.25) is 0 Å². The number of nitrogens with zero attached hydrogens (tertiary/aromatic N) is 1. The van der Waals surface area contributed by atoms with Crippen molar-refractivity contribution < 1.29 is 17.9 Å². The molecular weight excluding hydrogens is 424 g/mol. The highest BCUT2D eigenvalue weighted by atomic mass is 32.2. The van der Waals surface area contributed by atoms with Crippen molar-refractivity contribution in [2.24, 2.45) is 0 Å². The maximum absolute atomic E-state index is 13.1. The van der Waals surface area contributed by atoms with Gasteiger partial charge in [0.1, 0.15) is 12.4 Å². The molecule has 0 radical (unpaired) electrons. The van der Waals surface area contributed by atoms with Crippen molar-refractivity contribution in [2.75, 3.05) is 22.8 Å². The predicted octanol–water partition coefficient (Wildman–Crippen LogP) is 4.87. The minimum absolute atomic E-state index is 0.134. The zero-order chi connectivity index (χ0) is 22.7. The number of carbonyl (C=O) groups is 1. The fraction of sp³-hybridized carbons (Fsp3) is 0.0800. The summed E-state index contributed by atoms with van der Waals surface area (Å²) in [4.78, 5) is 13.1. The maximum Gasteiger partial charge on any atom is 0.265 e. The third-order valence-electron chi connectivity index (χ3n) is 5.05. The van der Waals surface area contributed by atoms with Gasteiger partial charge in [-0.05, 0) is 48.5 Å². The summed E-state index contributed by atoms with van der Waals surface area (Å²) in [6, 6.07) is 18.8. The number of nitrogens with one attached hydrogen (secondary N) is 1. The lowest BCUT2D eigenvalue weighted by Crippen LogP contribution is -2.34. The molecule has 32 heavy (non-hydrogen) atoms. The quantitative estimate of drug-likeness (QED) is 0.526. The monoisotopic (exact) mass is 446 g/mol. The van der Waals surface area contributed by atoms with Crippen LogP contribution in [0.25, 0.3) is 11.1 Å². The van der Waals surface area contributed by atoms with Gasteiger partial charge in [-0.25, -0.2) is 8.42 Å². The van der Waals surface area contributed by atoms with Crippen LogP contribution in [-0.4, -0.2) is 27.5 Å². The smallest absolute Gasteiger partial charge is 0.265 e. The topological polar surface area (TPSA) is 75.7 Å². The molecule has 3 aromatic rings. The molecule has 0 saturated heterocycles. The molecule has 0 aromatic heterocycles. The van der Waals surface area contributed by atoms with Crippen LogP contribution in [0.15, 0.2) is 96.9 Å². The van der Waals surface area contributed by atoms with Crippen LogP contribution in [0, 0.1) is 0 Å². The summed E-state index contributed by atoms with van der Waals surface area (Å²) in [6.45, 7) is 7.83. The molecule has 7 heteroatoms. The van der Waals surface area contributed by atoms with Crippen LogP contribution in [0.1, 0.15) is 10.4 Å². The van der Waals surface area contributed by atoms with Gasteiger partial charge in [-0.15, -0.1) is 6.58 Å². The second-order valence-corrected chi connectivity index (χ2v) is 8.96. The molecule has 0 saturated carbocycles. The van der Waals surface area contributed by atoms with Gasteiger partial charge in [-0.1, -0.05) is 36.9 Å². The Bertz CT molecular complexity index is 1300. The van der Waals surface area contributed by atoms with E-state index in [2.05, 4.69) is 18.5 Å². The van der Waals surface area contributed by atoms with Gasteiger partial charge in [0.25, 0.3) is 15.9 Å². The van der Waals surface area contributed by atoms with Crippen LogP contribution in [0.5, 0.6) is 5.75 Å². The van der Waals surface area contributed by atoms with Gasteiger partial charge in [0.05, 0.1) is 17.1 Å². The van der Waals surface area contributed by atoms with Gasteiger partial charge in [-0.2, -0.15) is 0 Å². The third kappa shape index (κ3) is 3.90. The zero-order valence-electron chi connectivity index (χ0n) is 17.3. The average Bonchev–Trinajstić information content (AvgIpc) is 2.81. The van der Waals surface area contributed by atoms with Crippen molar-refractivity contribution in [3.8, 4) is 16.9 Å². The van der Waals surface area contributed by atoms with Gasteiger partial charge in [0.2, 0.25) is 0 Å². The Morgan fingerprint density at radius 1 is 0.969 bits per heavy atom. The number of sulfonamides is 1. The summed E-state index contributed by atoms with van der Waals surface area (Å²) in [6.07, 6.45) is 3.20. The molecule has 4 rings (SSSR count). The predicted molar refractivity (Wildman–Crippen MR) is 127 cm³/mol. The van der Waals surface area contributed by atoms with Gasteiger partial charge in [0.15, 0.2) is 0 Å². The number of amides is 1. The van der Waals surface area contributed by atoms with Crippen LogP contribution < -0.4 is 14.4 Å². The molecular formula is C25H22N2O4S. The second kappa shape index (κ2) is 8.72. The van der Waals surface area contributed by atoms with Crippen LogP contribution in [-0.2, 0) is 10.0 Å². The van der Waals surface area contributed by atoms with Crippen molar-refractivity contribution >= 4 is 27.3 Å². The van der Waals surface area contributed by atoms with Gasteiger partial charge in [0, 0.05) is 22.4 Å². The van der Waals surface area contributed by atoms with E-state index in [1.54, 1.807) is 72.8 Å². The molecule has 0 bridgehead atoms. The first kappa shape index (κ1) is 21.4. The minimum Gasteiger partial charge on any atom is -0.490 e. The Hall–Kier alpha value is -3.84. The molecule has 1 amide bonds. The lowest BCUT2D eigenvalue weighted by Gasteiger charge is -2.31. The molecule has 0 unspecified atom stereocenters. The molecule has 6 nitrogen and oxygen atoms in total. The van der Waals surface area contributed by atoms with Crippen molar-refractivity contribution in [1.82, 2.24) is 0 Å². The van der Waals surface area contributed by atoms with E-state index in [0.29, 0.717) is 40.4 Å². The Morgan fingerprint density at radius 3 is 2.44 bits per heavy atom. The number of anilines is 2. The Morgan fingerprint density at radius 2 is 1.72 bits per heavy atom. The molecule has 1 aliphatic rings. The van der Waals surface area contributed by atoms with E-state index in [9.17, 15) is 13.2 Å². The summed E-state index contributed by atoms with van der Waals surface area (Å²) < 4.78 is 32.9. The van der Waals surface area contributed by atoms with Gasteiger partial charge in [-0.3, -0.25) is 9.10 Å². The average molecular weight is 447 g/mol. The molecule has 1 N–H and O–H groups in total. The molecule has 3 aromatic carbocycles. The number of hydrogen-bond donors (Lipinski definition) is 1. The van der Waals surface area contributed by atoms with Crippen molar-refractivity contribution in [3.63, 3.8) is 0 Å². The van der Waals surface area contributed by atoms with Gasteiger partial charge >= 0.3 is 0 Å². The second-order valence-electron chi connectivity index (χ2n) is 7.13. The number of fused-ring (bicyclic) bond motifs is 3. The zero-order valence-corrected chi connectivity index (χ0v) is 18.1. The van der Waals surface area contributed by atoms with E-state index < -0.39 is 10.0 Å². The highest BCUT2D eigenvalue weighted by Gasteiger charge is 2.34. The Balaban J connectivity index is 1.67.